The van der Waals surface area contributed by atoms with Crippen LogP contribution in [0.3, 0.4) is 0 Å². The van der Waals surface area contributed by atoms with Gasteiger partial charge in [0.25, 0.3) is 5.91 Å². The Morgan fingerprint density at radius 3 is 2.84 bits per heavy atom. The first-order valence-electron chi connectivity index (χ1n) is 6.87. The summed E-state index contributed by atoms with van der Waals surface area (Å²) in [4.78, 5) is 12.3. The largest absolute Gasteiger partial charge is 0.508 e. The quantitative estimate of drug-likeness (QED) is 0.875. The molecule has 2 fully saturated rings. The SMILES string of the molecule is Cc1cc(O)ccc1C(=O)NC1CCOC1C1CC1. The van der Waals surface area contributed by atoms with Crippen molar-refractivity contribution in [3.05, 3.63) is 29.3 Å². The molecular formula is C15H19NO3. The third-order valence-corrected chi connectivity index (χ3v) is 3.99. The molecule has 0 spiro atoms. The third-order valence-electron chi connectivity index (χ3n) is 3.99. The van der Waals surface area contributed by atoms with Gasteiger partial charge in [0, 0.05) is 12.2 Å². The minimum absolute atomic E-state index is 0.0707. The van der Waals surface area contributed by atoms with Crippen LogP contribution in [0.2, 0.25) is 0 Å². The van der Waals surface area contributed by atoms with Gasteiger partial charge in [-0.3, -0.25) is 4.79 Å². The number of nitrogens with one attached hydrogen (secondary N) is 1. The van der Waals surface area contributed by atoms with Crippen LogP contribution in [0.25, 0.3) is 0 Å². The number of aryl methyl sites for hydroxylation is 1. The van der Waals surface area contributed by atoms with E-state index in [-0.39, 0.29) is 23.8 Å². The number of carbonyl (C=O) groups excluding carboxylic acids is 1. The van der Waals surface area contributed by atoms with Crippen molar-refractivity contribution in [2.75, 3.05) is 6.61 Å². The minimum Gasteiger partial charge on any atom is -0.508 e. The topological polar surface area (TPSA) is 58.6 Å². The van der Waals surface area contributed by atoms with Gasteiger partial charge in [0.2, 0.25) is 0 Å². The molecule has 1 saturated carbocycles. The maximum atomic E-state index is 12.3. The standard InChI is InChI=1S/C15H19NO3/c1-9-8-11(17)4-5-12(9)15(18)16-13-6-7-19-14(13)10-2-3-10/h4-5,8,10,13-14,17H,2-3,6-7H2,1H3,(H,16,18). The number of ether oxygens (including phenoxy) is 1. The second-order valence-corrected chi connectivity index (χ2v) is 5.54. The van der Waals surface area contributed by atoms with Crippen LogP contribution >= 0.6 is 0 Å². The van der Waals surface area contributed by atoms with Crippen molar-refractivity contribution in [2.45, 2.75) is 38.3 Å². The molecule has 2 aliphatic rings. The lowest BCUT2D eigenvalue weighted by Gasteiger charge is -2.20. The fourth-order valence-electron chi connectivity index (χ4n) is 2.80. The first-order chi connectivity index (χ1) is 9.15. The van der Waals surface area contributed by atoms with Gasteiger partial charge in [-0.15, -0.1) is 0 Å². The van der Waals surface area contributed by atoms with E-state index in [0.29, 0.717) is 11.5 Å². The molecule has 3 rings (SSSR count). The van der Waals surface area contributed by atoms with Gasteiger partial charge in [-0.2, -0.15) is 0 Å². The predicted octanol–water partition coefficient (Wildman–Crippen LogP) is 2.00. The van der Waals surface area contributed by atoms with E-state index < -0.39 is 0 Å². The van der Waals surface area contributed by atoms with Crippen molar-refractivity contribution in [2.24, 2.45) is 5.92 Å². The smallest absolute Gasteiger partial charge is 0.251 e. The molecule has 1 aromatic rings. The van der Waals surface area contributed by atoms with Gasteiger partial charge in [0.15, 0.2) is 0 Å². The lowest BCUT2D eigenvalue weighted by atomic mass is 10.0. The summed E-state index contributed by atoms with van der Waals surface area (Å²) < 4.78 is 5.72. The summed E-state index contributed by atoms with van der Waals surface area (Å²) in [6.07, 6.45) is 3.52. The van der Waals surface area contributed by atoms with Gasteiger partial charge < -0.3 is 15.2 Å². The molecule has 4 heteroatoms. The maximum absolute atomic E-state index is 12.3. The Morgan fingerprint density at radius 2 is 2.16 bits per heavy atom. The Bertz CT molecular complexity index is 496. The van der Waals surface area contributed by atoms with Gasteiger partial charge >= 0.3 is 0 Å². The van der Waals surface area contributed by atoms with Crippen molar-refractivity contribution in [1.82, 2.24) is 5.32 Å². The summed E-state index contributed by atoms with van der Waals surface area (Å²) in [5.74, 6) is 0.751. The number of amides is 1. The molecule has 1 aromatic carbocycles. The third kappa shape index (κ3) is 2.59. The number of carbonyl (C=O) groups is 1. The summed E-state index contributed by atoms with van der Waals surface area (Å²) in [6.45, 7) is 2.57. The molecule has 2 atom stereocenters. The van der Waals surface area contributed by atoms with E-state index >= 15 is 0 Å². The van der Waals surface area contributed by atoms with Crippen LogP contribution in [0, 0.1) is 12.8 Å². The molecular weight excluding hydrogens is 242 g/mol. The first kappa shape index (κ1) is 12.5. The van der Waals surface area contributed by atoms with E-state index in [1.807, 2.05) is 6.92 Å². The normalized spacial score (nSPS) is 26.4. The fourth-order valence-corrected chi connectivity index (χ4v) is 2.80. The Labute approximate surface area is 112 Å². The molecule has 1 saturated heterocycles. The van der Waals surface area contributed by atoms with Crippen molar-refractivity contribution >= 4 is 5.91 Å². The molecule has 1 amide bonds. The molecule has 0 radical (unpaired) electrons. The Balaban J connectivity index is 1.70. The highest BCUT2D eigenvalue weighted by Gasteiger charge is 2.41. The summed E-state index contributed by atoms with van der Waals surface area (Å²) >= 11 is 0. The molecule has 2 N–H and O–H groups in total. The number of hydrogen-bond acceptors (Lipinski definition) is 3. The molecule has 0 aromatic heterocycles. The van der Waals surface area contributed by atoms with E-state index in [2.05, 4.69) is 5.32 Å². The molecule has 4 nitrogen and oxygen atoms in total. The van der Waals surface area contributed by atoms with E-state index in [1.165, 1.54) is 12.8 Å². The van der Waals surface area contributed by atoms with Gasteiger partial charge in [-0.25, -0.2) is 0 Å². The highest BCUT2D eigenvalue weighted by molar-refractivity contribution is 5.96. The number of aromatic hydroxyl groups is 1. The second-order valence-electron chi connectivity index (χ2n) is 5.54. The number of hydrogen-bond donors (Lipinski definition) is 2. The number of rotatable bonds is 3. The predicted molar refractivity (Wildman–Crippen MR) is 71.2 cm³/mol. The zero-order valence-electron chi connectivity index (χ0n) is 11.1. The summed E-state index contributed by atoms with van der Waals surface area (Å²) in [5, 5.41) is 12.5. The highest BCUT2D eigenvalue weighted by atomic mass is 16.5. The number of phenolic OH excluding ortho intramolecular Hbond substituents is 1. The fraction of sp³-hybridized carbons (Fsp3) is 0.533. The zero-order valence-corrected chi connectivity index (χ0v) is 11.1. The Hall–Kier alpha value is -1.55. The van der Waals surface area contributed by atoms with Gasteiger partial charge in [-0.05, 0) is 55.9 Å². The van der Waals surface area contributed by atoms with Gasteiger partial charge in [-0.1, -0.05) is 0 Å². The van der Waals surface area contributed by atoms with E-state index in [0.717, 1.165) is 18.6 Å². The second kappa shape index (κ2) is 4.85. The highest BCUT2D eigenvalue weighted by Crippen LogP contribution is 2.38. The lowest BCUT2D eigenvalue weighted by molar-refractivity contribution is 0.0729. The Kier molecular flexibility index (Phi) is 3.19. The van der Waals surface area contributed by atoms with Crippen LogP contribution in [0.1, 0.15) is 35.2 Å². The van der Waals surface area contributed by atoms with Crippen molar-refractivity contribution in [3.63, 3.8) is 0 Å². The molecule has 0 bridgehead atoms. The van der Waals surface area contributed by atoms with Gasteiger partial charge in [0.05, 0.1) is 12.1 Å². The monoisotopic (exact) mass is 261 g/mol. The first-order valence-corrected chi connectivity index (χ1v) is 6.87. The van der Waals surface area contributed by atoms with Crippen molar-refractivity contribution in [1.29, 1.82) is 0 Å². The molecule has 1 aliphatic carbocycles. The molecule has 1 heterocycles. The van der Waals surface area contributed by atoms with Crippen molar-refractivity contribution in [3.8, 4) is 5.75 Å². The number of benzene rings is 1. The molecule has 102 valence electrons. The van der Waals surface area contributed by atoms with Crippen LogP contribution in [-0.2, 0) is 4.74 Å². The van der Waals surface area contributed by atoms with E-state index in [4.69, 9.17) is 4.74 Å². The average Bonchev–Trinajstić information content (AvgIpc) is 3.10. The lowest BCUT2D eigenvalue weighted by Crippen LogP contribution is -2.41. The maximum Gasteiger partial charge on any atom is 0.251 e. The summed E-state index contributed by atoms with van der Waals surface area (Å²) in [7, 11) is 0. The van der Waals surface area contributed by atoms with E-state index in [1.54, 1.807) is 18.2 Å². The summed E-state index contributed by atoms with van der Waals surface area (Å²) in [5.41, 5.74) is 1.42. The minimum atomic E-state index is -0.0707. The zero-order chi connectivity index (χ0) is 13.4. The van der Waals surface area contributed by atoms with Crippen LogP contribution in [0.15, 0.2) is 18.2 Å². The molecule has 2 unspecified atom stereocenters. The Morgan fingerprint density at radius 1 is 1.37 bits per heavy atom. The van der Waals surface area contributed by atoms with Crippen LogP contribution in [-0.4, -0.2) is 29.8 Å². The van der Waals surface area contributed by atoms with E-state index in [9.17, 15) is 9.90 Å². The van der Waals surface area contributed by atoms with Gasteiger partial charge in [0.1, 0.15) is 5.75 Å². The molecule has 1 aliphatic heterocycles. The molecule has 19 heavy (non-hydrogen) atoms. The number of phenols is 1. The average molecular weight is 261 g/mol. The van der Waals surface area contributed by atoms with Crippen molar-refractivity contribution < 1.29 is 14.6 Å². The van der Waals surface area contributed by atoms with Crippen LogP contribution in [0.5, 0.6) is 5.75 Å². The van der Waals surface area contributed by atoms with Crippen LogP contribution in [0.4, 0.5) is 0 Å². The van der Waals surface area contributed by atoms with Crippen LogP contribution < -0.4 is 5.32 Å². The summed E-state index contributed by atoms with van der Waals surface area (Å²) in [6, 6.07) is 4.96.